The Kier molecular flexibility index (Phi) is 3.43. The number of nitrogens with one attached hydrogen (secondary N) is 1. The molecule has 0 amide bonds. The Morgan fingerprint density at radius 3 is 2.59 bits per heavy atom. The van der Waals surface area contributed by atoms with Crippen molar-refractivity contribution in [3.8, 4) is 0 Å². The highest BCUT2D eigenvalue weighted by Gasteiger charge is 2.32. The van der Waals surface area contributed by atoms with Crippen molar-refractivity contribution in [2.75, 3.05) is 7.05 Å². The highest BCUT2D eigenvalue weighted by Crippen LogP contribution is 2.35. The number of alkyl halides is 3. The van der Waals surface area contributed by atoms with Gasteiger partial charge in [0, 0.05) is 6.04 Å². The predicted octanol–water partition coefficient (Wildman–Crippen LogP) is 3.25. The van der Waals surface area contributed by atoms with Crippen LogP contribution in [-0.4, -0.2) is 13.1 Å². The van der Waals surface area contributed by atoms with E-state index in [9.17, 15) is 13.2 Å². The minimum absolute atomic E-state index is 0.304. The summed E-state index contributed by atoms with van der Waals surface area (Å²) in [5, 5.41) is 3.19. The fraction of sp³-hybridized carbons (Fsp3) is 0.538. The number of hydrogen-bond donors (Lipinski definition) is 1. The maximum Gasteiger partial charge on any atom is 0.416 e. The second-order valence-corrected chi connectivity index (χ2v) is 4.63. The minimum atomic E-state index is -4.25. The molecule has 17 heavy (non-hydrogen) atoms. The molecule has 94 valence electrons. The molecule has 0 spiro atoms. The molecule has 1 nitrogen and oxygen atoms in total. The second-order valence-electron chi connectivity index (χ2n) is 4.63. The van der Waals surface area contributed by atoms with Gasteiger partial charge in [-0.25, -0.2) is 0 Å². The van der Waals surface area contributed by atoms with Crippen LogP contribution in [0.25, 0.3) is 0 Å². The average Bonchev–Trinajstić information content (AvgIpc) is 3.09. The molecule has 1 saturated carbocycles. The molecular formula is C13H16F3N. The zero-order valence-corrected chi connectivity index (χ0v) is 9.72. The molecular weight excluding hydrogens is 227 g/mol. The quantitative estimate of drug-likeness (QED) is 0.856. The molecule has 1 N–H and O–H groups in total. The topological polar surface area (TPSA) is 12.0 Å². The van der Waals surface area contributed by atoms with E-state index in [0.717, 1.165) is 11.6 Å². The third-order valence-corrected chi connectivity index (χ3v) is 3.27. The first-order valence-electron chi connectivity index (χ1n) is 5.84. The van der Waals surface area contributed by atoms with Crippen molar-refractivity contribution >= 4 is 0 Å². The zero-order valence-electron chi connectivity index (χ0n) is 9.72. The van der Waals surface area contributed by atoms with Crippen LogP contribution in [0, 0.1) is 5.92 Å². The van der Waals surface area contributed by atoms with Crippen LogP contribution in [0.2, 0.25) is 0 Å². The summed E-state index contributed by atoms with van der Waals surface area (Å²) in [4.78, 5) is 0. The van der Waals surface area contributed by atoms with Gasteiger partial charge < -0.3 is 5.32 Å². The van der Waals surface area contributed by atoms with E-state index in [1.165, 1.54) is 25.0 Å². The first-order chi connectivity index (χ1) is 8.00. The molecule has 0 radical (unpaired) electrons. The fourth-order valence-electron chi connectivity index (χ4n) is 2.13. The third kappa shape index (κ3) is 3.22. The maximum absolute atomic E-state index is 12.5. The van der Waals surface area contributed by atoms with Crippen LogP contribution < -0.4 is 5.32 Å². The number of benzene rings is 1. The van der Waals surface area contributed by atoms with Crippen LogP contribution in [0.5, 0.6) is 0 Å². The highest BCUT2D eigenvalue weighted by molar-refractivity contribution is 5.26. The van der Waals surface area contributed by atoms with E-state index in [0.29, 0.717) is 18.4 Å². The van der Waals surface area contributed by atoms with Crippen LogP contribution in [0.3, 0.4) is 0 Å². The molecule has 1 aliphatic carbocycles. The first-order valence-corrected chi connectivity index (χ1v) is 5.84. The summed E-state index contributed by atoms with van der Waals surface area (Å²) >= 11 is 0. The Morgan fingerprint density at radius 1 is 1.35 bits per heavy atom. The largest absolute Gasteiger partial charge is 0.416 e. The van der Waals surface area contributed by atoms with E-state index in [1.807, 2.05) is 7.05 Å². The molecule has 0 heterocycles. The van der Waals surface area contributed by atoms with Crippen LogP contribution in [-0.2, 0) is 12.6 Å². The summed E-state index contributed by atoms with van der Waals surface area (Å²) in [5.74, 6) is 0.634. The van der Waals surface area contributed by atoms with Crippen molar-refractivity contribution in [1.82, 2.24) is 5.32 Å². The SMILES string of the molecule is CNC(Cc1cccc(C(F)(F)F)c1)C1CC1. The van der Waals surface area contributed by atoms with Gasteiger partial charge in [-0.05, 0) is 43.9 Å². The lowest BCUT2D eigenvalue weighted by Crippen LogP contribution is -2.29. The van der Waals surface area contributed by atoms with Gasteiger partial charge in [-0.3, -0.25) is 0 Å². The van der Waals surface area contributed by atoms with Crippen LogP contribution >= 0.6 is 0 Å². The van der Waals surface area contributed by atoms with E-state index >= 15 is 0 Å². The van der Waals surface area contributed by atoms with Crippen molar-refractivity contribution in [2.24, 2.45) is 5.92 Å². The van der Waals surface area contributed by atoms with Gasteiger partial charge >= 0.3 is 6.18 Å². The van der Waals surface area contributed by atoms with Crippen molar-refractivity contribution < 1.29 is 13.2 Å². The van der Waals surface area contributed by atoms with Crippen molar-refractivity contribution in [3.63, 3.8) is 0 Å². The molecule has 1 aliphatic rings. The molecule has 1 aromatic carbocycles. The van der Waals surface area contributed by atoms with Crippen LogP contribution in [0.15, 0.2) is 24.3 Å². The van der Waals surface area contributed by atoms with Crippen molar-refractivity contribution in [3.05, 3.63) is 35.4 Å². The lowest BCUT2D eigenvalue weighted by molar-refractivity contribution is -0.137. The van der Waals surface area contributed by atoms with Gasteiger partial charge in [0.15, 0.2) is 0 Å². The van der Waals surface area contributed by atoms with Crippen molar-refractivity contribution in [1.29, 1.82) is 0 Å². The number of hydrogen-bond acceptors (Lipinski definition) is 1. The molecule has 1 atom stereocenters. The predicted molar refractivity (Wildman–Crippen MR) is 60.7 cm³/mol. The third-order valence-electron chi connectivity index (χ3n) is 3.27. The Labute approximate surface area is 99.0 Å². The fourth-order valence-corrected chi connectivity index (χ4v) is 2.13. The Bertz CT molecular complexity index is 382. The highest BCUT2D eigenvalue weighted by atomic mass is 19.4. The Balaban J connectivity index is 2.10. The monoisotopic (exact) mass is 243 g/mol. The normalized spacial score (nSPS) is 18.1. The second kappa shape index (κ2) is 4.69. The molecule has 0 aliphatic heterocycles. The summed E-state index contributed by atoms with van der Waals surface area (Å²) in [6.07, 6.45) is -1.20. The summed E-state index contributed by atoms with van der Waals surface area (Å²) in [6.45, 7) is 0. The Hall–Kier alpha value is -1.03. The van der Waals surface area contributed by atoms with Crippen LogP contribution in [0.4, 0.5) is 13.2 Å². The Morgan fingerprint density at radius 2 is 2.06 bits per heavy atom. The minimum Gasteiger partial charge on any atom is -0.316 e. The number of likely N-dealkylation sites (N-methyl/N-ethyl adjacent to an activating group) is 1. The zero-order chi connectivity index (χ0) is 12.5. The molecule has 1 fully saturated rings. The number of rotatable bonds is 4. The smallest absolute Gasteiger partial charge is 0.316 e. The van der Waals surface area contributed by atoms with Gasteiger partial charge in [0.2, 0.25) is 0 Å². The van der Waals surface area contributed by atoms with Crippen molar-refractivity contribution in [2.45, 2.75) is 31.5 Å². The van der Waals surface area contributed by atoms with E-state index in [4.69, 9.17) is 0 Å². The molecule has 0 aromatic heterocycles. The first kappa shape index (κ1) is 12.4. The van der Waals surface area contributed by atoms with E-state index in [-0.39, 0.29) is 0 Å². The van der Waals surface area contributed by atoms with Gasteiger partial charge in [-0.15, -0.1) is 0 Å². The molecule has 0 bridgehead atoms. The van der Waals surface area contributed by atoms with Gasteiger partial charge in [0.05, 0.1) is 5.56 Å². The van der Waals surface area contributed by atoms with Gasteiger partial charge in [-0.2, -0.15) is 13.2 Å². The molecule has 1 unspecified atom stereocenters. The van der Waals surface area contributed by atoms with Gasteiger partial charge in [0.25, 0.3) is 0 Å². The van der Waals surface area contributed by atoms with E-state index in [2.05, 4.69) is 5.32 Å². The standard InChI is InChI=1S/C13H16F3N/c1-17-12(10-5-6-10)8-9-3-2-4-11(7-9)13(14,15)16/h2-4,7,10,12,17H,5-6,8H2,1H3. The lowest BCUT2D eigenvalue weighted by atomic mass is 10.0. The summed E-state index contributed by atoms with van der Waals surface area (Å²) in [5.41, 5.74) is 0.201. The van der Waals surface area contributed by atoms with Gasteiger partial charge in [-0.1, -0.05) is 18.2 Å². The molecule has 0 saturated heterocycles. The molecule has 4 heteroatoms. The summed E-state index contributed by atoms with van der Waals surface area (Å²) < 4.78 is 37.6. The summed E-state index contributed by atoms with van der Waals surface area (Å²) in [6, 6.07) is 5.93. The van der Waals surface area contributed by atoms with Crippen LogP contribution in [0.1, 0.15) is 24.0 Å². The number of halogens is 3. The van der Waals surface area contributed by atoms with E-state index < -0.39 is 11.7 Å². The average molecular weight is 243 g/mol. The van der Waals surface area contributed by atoms with Gasteiger partial charge in [0.1, 0.15) is 0 Å². The van der Waals surface area contributed by atoms with E-state index in [1.54, 1.807) is 6.07 Å². The maximum atomic E-state index is 12.5. The molecule has 1 aromatic rings. The molecule has 2 rings (SSSR count). The summed E-state index contributed by atoms with van der Waals surface area (Å²) in [7, 11) is 1.87. The lowest BCUT2D eigenvalue weighted by Gasteiger charge is -2.16.